The van der Waals surface area contributed by atoms with Gasteiger partial charge < -0.3 is 9.15 Å². The Labute approximate surface area is 106 Å². The number of ether oxygens (including phenoxy) is 1. The van der Waals surface area contributed by atoms with Crippen molar-refractivity contribution in [1.82, 2.24) is 0 Å². The van der Waals surface area contributed by atoms with E-state index in [9.17, 15) is 4.79 Å². The van der Waals surface area contributed by atoms with Crippen molar-refractivity contribution in [2.45, 2.75) is 26.4 Å². The quantitative estimate of drug-likeness (QED) is 0.433. The lowest BCUT2D eigenvalue weighted by molar-refractivity contribution is -0.140. The van der Waals surface area contributed by atoms with Crippen LogP contribution in [0.3, 0.4) is 0 Å². The van der Waals surface area contributed by atoms with Crippen LogP contribution in [-0.4, -0.2) is 5.97 Å². The van der Waals surface area contributed by atoms with Gasteiger partial charge in [-0.3, -0.25) is 0 Å². The van der Waals surface area contributed by atoms with Crippen LogP contribution < -0.4 is 0 Å². The Bertz CT molecular complexity index is 566. The zero-order chi connectivity index (χ0) is 13.1. The molecule has 3 rings (SSSR count). The van der Waals surface area contributed by atoms with Crippen LogP contribution in [0.15, 0.2) is 35.5 Å². The number of esters is 1. The third-order valence-electron chi connectivity index (χ3n) is 4.28. The SMILES string of the molecule is C=C[C@@]1(C)Cc2occ(C)c2C2OC(=O)C(=C)C21. The van der Waals surface area contributed by atoms with Gasteiger partial charge in [0.15, 0.2) is 0 Å². The molecule has 0 bridgehead atoms. The molecule has 0 radical (unpaired) electrons. The summed E-state index contributed by atoms with van der Waals surface area (Å²) in [6.45, 7) is 11.9. The van der Waals surface area contributed by atoms with Gasteiger partial charge in [-0.15, -0.1) is 6.58 Å². The Hall–Kier alpha value is -1.77. The lowest BCUT2D eigenvalue weighted by atomic mass is 9.64. The van der Waals surface area contributed by atoms with E-state index in [1.165, 1.54) is 0 Å². The lowest BCUT2D eigenvalue weighted by Crippen LogP contribution is -2.35. The Morgan fingerprint density at radius 1 is 1.56 bits per heavy atom. The smallest absolute Gasteiger partial charge is 0.334 e. The van der Waals surface area contributed by atoms with Crippen LogP contribution in [0, 0.1) is 18.3 Å². The van der Waals surface area contributed by atoms with Crippen molar-refractivity contribution in [3.63, 3.8) is 0 Å². The first-order valence-electron chi connectivity index (χ1n) is 6.08. The minimum Gasteiger partial charge on any atom is -0.469 e. The van der Waals surface area contributed by atoms with Gasteiger partial charge in [-0.1, -0.05) is 19.6 Å². The number of carbonyl (C=O) groups excluding carboxylic acids is 1. The van der Waals surface area contributed by atoms with Crippen molar-refractivity contribution in [3.8, 4) is 0 Å². The standard InChI is InChI=1S/C15H16O3/c1-5-15(4)6-10-11(8(2)7-17-10)13-12(15)9(3)14(16)18-13/h5,7,12-13H,1,3,6H2,2,4H3/t12?,13?,15-/m0/s1. The van der Waals surface area contributed by atoms with E-state index < -0.39 is 0 Å². The normalized spacial score (nSPS) is 33.9. The van der Waals surface area contributed by atoms with Gasteiger partial charge in [0.05, 0.1) is 6.26 Å². The lowest BCUT2D eigenvalue weighted by Gasteiger charge is -2.38. The number of fused-ring (bicyclic) bond motifs is 3. The summed E-state index contributed by atoms with van der Waals surface area (Å²) in [5.41, 5.74) is 2.36. The Kier molecular flexibility index (Phi) is 2.12. The summed E-state index contributed by atoms with van der Waals surface area (Å²) in [6, 6.07) is 0. The monoisotopic (exact) mass is 244 g/mol. The molecule has 3 heteroatoms. The first kappa shape index (κ1) is 11.3. The van der Waals surface area contributed by atoms with Crippen molar-refractivity contribution in [3.05, 3.63) is 48.0 Å². The molecule has 0 spiro atoms. The number of rotatable bonds is 1. The molecular formula is C15H16O3. The Morgan fingerprint density at radius 3 is 2.94 bits per heavy atom. The van der Waals surface area contributed by atoms with Crippen LogP contribution in [0.4, 0.5) is 0 Å². The average Bonchev–Trinajstić information content (AvgIpc) is 2.82. The van der Waals surface area contributed by atoms with Crippen molar-refractivity contribution in [1.29, 1.82) is 0 Å². The average molecular weight is 244 g/mol. The molecule has 18 heavy (non-hydrogen) atoms. The highest BCUT2D eigenvalue weighted by Crippen LogP contribution is 2.55. The molecule has 0 saturated carbocycles. The fourth-order valence-electron chi connectivity index (χ4n) is 3.22. The van der Waals surface area contributed by atoms with E-state index in [0.29, 0.717) is 5.57 Å². The first-order chi connectivity index (χ1) is 8.48. The molecule has 94 valence electrons. The van der Waals surface area contributed by atoms with Gasteiger partial charge in [-0.25, -0.2) is 4.79 Å². The van der Waals surface area contributed by atoms with Crippen LogP contribution in [0.1, 0.15) is 29.9 Å². The fourth-order valence-corrected chi connectivity index (χ4v) is 3.22. The number of aryl methyl sites for hydroxylation is 1. The van der Waals surface area contributed by atoms with Gasteiger partial charge in [0.1, 0.15) is 11.9 Å². The number of hydrogen-bond donors (Lipinski definition) is 0. The summed E-state index contributed by atoms with van der Waals surface area (Å²) in [5, 5.41) is 0. The van der Waals surface area contributed by atoms with E-state index in [0.717, 1.165) is 23.3 Å². The van der Waals surface area contributed by atoms with E-state index >= 15 is 0 Å². The molecule has 0 amide bonds. The van der Waals surface area contributed by atoms with Gasteiger partial charge in [0.2, 0.25) is 0 Å². The van der Waals surface area contributed by atoms with E-state index in [2.05, 4.69) is 20.1 Å². The molecule has 3 nitrogen and oxygen atoms in total. The first-order valence-corrected chi connectivity index (χ1v) is 6.08. The second kappa shape index (κ2) is 3.37. The summed E-state index contributed by atoms with van der Waals surface area (Å²) in [7, 11) is 0. The molecule has 0 aromatic carbocycles. The second-order valence-electron chi connectivity index (χ2n) is 5.47. The Balaban J connectivity index is 2.21. The van der Waals surface area contributed by atoms with E-state index in [1.807, 2.05) is 13.0 Å². The summed E-state index contributed by atoms with van der Waals surface area (Å²) in [4.78, 5) is 11.8. The molecule has 1 aliphatic heterocycles. The molecule has 1 aromatic rings. The molecule has 1 fully saturated rings. The summed E-state index contributed by atoms with van der Waals surface area (Å²) in [6.07, 6.45) is 4.08. The molecule has 1 aliphatic carbocycles. The fraction of sp³-hybridized carbons (Fsp3) is 0.400. The van der Waals surface area contributed by atoms with Gasteiger partial charge in [-0.2, -0.15) is 0 Å². The van der Waals surface area contributed by atoms with Gasteiger partial charge in [-0.05, 0) is 12.5 Å². The third kappa shape index (κ3) is 1.22. The van der Waals surface area contributed by atoms with Crippen LogP contribution in [0.25, 0.3) is 0 Å². The Morgan fingerprint density at radius 2 is 2.28 bits per heavy atom. The largest absolute Gasteiger partial charge is 0.469 e. The summed E-state index contributed by atoms with van der Waals surface area (Å²) >= 11 is 0. The maximum Gasteiger partial charge on any atom is 0.334 e. The molecule has 2 unspecified atom stereocenters. The maximum atomic E-state index is 11.8. The van der Waals surface area contributed by atoms with Gasteiger partial charge in [0, 0.05) is 28.9 Å². The third-order valence-corrected chi connectivity index (χ3v) is 4.28. The minimum atomic E-state index is -0.300. The number of allylic oxidation sites excluding steroid dienone is 1. The minimum absolute atomic E-state index is 0.0358. The molecule has 3 atom stereocenters. The van der Waals surface area contributed by atoms with E-state index in [1.54, 1.807) is 6.26 Å². The summed E-state index contributed by atoms with van der Waals surface area (Å²) < 4.78 is 11.1. The van der Waals surface area contributed by atoms with Crippen LogP contribution in [0.2, 0.25) is 0 Å². The van der Waals surface area contributed by atoms with Crippen LogP contribution in [-0.2, 0) is 16.0 Å². The van der Waals surface area contributed by atoms with Crippen LogP contribution in [0.5, 0.6) is 0 Å². The highest BCUT2D eigenvalue weighted by molar-refractivity contribution is 5.91. The second-order valence-corrected chi connectivity index (χ2v) is 5.47. The molecule has 1 aromatic heterocycles. The van der Waals surface area contributed by atoms with Gasteiger partial charge >= 0.3 is 5.97 Å². The topological polar surface area (TPSA) is 39.4 Å². The van der Waals surface area contributed by atoms with Gasteiger partial charge in [0.25, 0.3) is 0 Å². The number of hydrogen-bond acceptors (Lipinski definition) is 3. The predicted molar refractivity (Wildman–Crippen MR) is 66.9 cm³/mol. The van der Waals surface area contributed by atoms with E-state index in [4.69, 9.17) is 9.15 Å². The zero-order valence-corrected chi connectivity index (χ0v) is 10.7. The van der Waals surface area contributed by atoms with Crippen molar-refractivity contribution in [2.24, 2.45) is 11.3 Å². The summed E-state index contributed by atoms with van der Waals surface area (Å²) in [5.74, 6) is 0.566. The molecule has 2 heterocycles. The van der Waals surface area contributed by atoms with Crippen molar-refractivity contribution < 1.29 is 13.9 Å². The number of furan rings is 1. The number of carbonyl (C=O) groups is 1. The van der Waals surface area contributed by atoms with Crippen LogP contribution >= 0.6 is 0 Å². The maximum absolute atomic E-state index is 11.8. The highest BCUT2D eigenvalue weighted by atomic mass is 16.6. The van der Waals surface area contributed by atoms with Crippen molar-refractivity contribution >= 4 is 5.97 Å². The molecule has 2 aliphatic rings. The van der Waals surface area contributed by atoms with Crippen molar-refractivity contribution in [2.75, 3.05) is 0 Å². The molecular weight excluding hydrogens is 228 g/mol. The molecule has 0 N–H and O–H groups in total. The predicted octanol–water partition coefficient (Wildman–Crippen LogP) is 3.11. The van der Waals surface area contributed by atoms with E-state index in [-0.39, 0.29) is 23.4 Å². The highest BCUT2D eigenvalue weighted by Gasteiger charge is 2.54. The zero-order valence-electron chi connectivity index (χ0n) is 10.7. The molecule has 1 saturated heterocycles.